The average molecular weight is 267 g/mol. The van der Waals surface area contributed by atoms with Crippen molar-refractivity contribution in [2.45, 2.75) is 33.2 Å². The summed E-state index contributed by atoms with van der Waals surface area (Å²) < 4.78 is 0. The topological polar surface area (TPSA) is 105 Å². The monoisotopic (exact) mass is 267 g/mol. The number of aliphatic carboxylic acids is 1. The van der Waals surface area contributed by atoms with Crippen molar-refractivity contribution in [2.24, 2.45) is 5.92 Å². The molecule has 0 radical (unpaired) electrons. The van der Waals surface area contributed by atoms with Crippen LogP contribution in [0.25, 0.3) is 0 Å². The zero-order chi connectivity index (χ0) is 14.6. The molecule has 0 aliphatic rings. The minimum Gasteiger partial charge on any atom is -0.480 e. The van der Waals surface area contributed by atoms with E-state index in [0.29, 0.717) is 12.0 Å². The Hall–Kier alpha value is -2.18. The van der Waals surface area contributed by atoms with Gasteiger partial charge in [0.1, 0.15) is 11.9 Å². The second-order valence-electron chi connectivity index (χ2n) is 4.78. The molecule has 1 aromatic rings. The summed E-state index contributed by atoms with van der Waals surface area (Å²) in [4.78, 5) is 25.4. The van der Waals surface area contributed by atoms with Crippen molar-refractivity contribution in [2.75, 3.05) is 5.32 Å². The highest BCUT2D eigenvalue weighted by Crippen LogP contribution is 2.21. The van der Waals surface area contributed by atoms with Crippen LogP contribution < -0.4 is 5.32 Å². The quantitative estimate of drug-likeness (QED) is 0.604. The van der Waals surface area contributed by atoms with Crippen LogP contribution in [-0.2, 0) is 4.79 Å². The summed E-state index contributed by atoms with van der Waals surface area (Å²) in [5.74, 6) is -0.613. The van der Waals surface area contributed by atoms with Gasteiger partial charge in [-0.05, 0) is 19.3 Å². The van der Waals surface area contributed by atoms with Gasteiger partial charge in [-0.15, -0.1) is 0 Å². The molecule has 1 aromatic heterocycles. The van der Waals surface area contributed by atoms with Crippen molar-refractivity contribution in [3.63, 3.8) is 0 Å². The van der Waals surface area contributed by atoms with E-state index >= 15 is 0 Å². The number of rotatable bonds is 6. The maximum absolute atomic E-state index is 11.1. The van der Waals surface area contributed by atoms with Crippen molar-refractivity contribution in [3.8, 4) is 0 Å². The molecule has 1 unspecified atom stereocenters. The number of hydrogen-bond donors (Lipinski definition) is 2. The molecule has 0 spiro atoms. The Balaban J connectivity index is 2.94. The van der Waals surface area contributed by atoms with E-state index in [2.05, 4.69) is 10.3 Å². The number of carboxylic acid groups (broad SMARTS) is 1. The minimum atomic E-state index is -1.00. The molecular weight excluding hydrogens is 250 g/mol. The first kappa shape index (κ1) is 14.9. The third-order valence-electron chi connectivity index (χ3n) is 2.60. The van der Waals surface area contributed by atoms with Gasteiger partial charge in [0.2, 0.25) is 0 Å². The molecule has 0 saturated carbocycles. The van der Waals surface area contributed by atoms with Crippen LogP contribution >= 0.6 is 0 Å². The third-order valence-corrected chi connectivity index (χ3v) is 2.60. The number of nitrogens with zero attached hydrogens (tertiary/aromatic N) is 2. The fourth-order valence-electron chi connectivity index (χ4n) is 1.66. The zero-order valence-corrected chi connectivity index (χ0v) is 11.1. The van der Waals surface area contributed by atoms with E-state index in [1.54, 1.807) is 6.92 Å². The highest BCUT2D eigenvalue weighted by atomic mass is 16.6. The molecule has 104 valence electrons. The first-order chi connectivity index (χ1) is 8.81. The van der Waals surface area contributed by atoms with E-state index in [1.807, 2.05) is 13.8 Å². The van der Waals surface area contributed by atoms with Crippen molar-refractivity contribution < 1.29 is 14.8 Å². The number of aromatic nitrogens is 1. The zero-order valence-electron chi connectivity index (χ0n) is 11.1. The predicted octanol–water partition coefficient (Wildman–Crippen LogP) is 2.21. The standard InChI is InChI=1S/C12H17N3O4/c1-7(2)4-9(12(16)17)14-11-5-10(15(18)19)8(3)6-13-11/h5-7,9H,4H2,1-3H3,(H,13,14)(H,16,17). The van der Waals surface area contributed by atoms with Crippen LogP contribution in [0.5, 0.6) is 0 Å². The van der Waals surface area contributed by atoms with Crippen LogP contribution in [0.1, 0.15) is 25.8 Å². The normalized spacial score (nSPS) is 12.2. The number of pyridine rings is 1. The molecule has 0 amide bonds. The fourth-order valence-corrected chi connectivity index (χ4v) is 1.66. The van der Waals surface area contributed by atoms with Crippen molar-refractivity contribution in [1.82, 2.24) is 4.98 Å². The fraction of sp³-hybridized carbons (Fsp3) is 0.500. The lowest BCUT2D eigenvalue weighted by Crippen LogP contribution is -2.31. The van der Waals surface area contributed by atoms with E-state index in [0.717, 1.165) is 0 Å². The minimum absolute atomic E-state index is 0.0776. The van der Waals surface area contributed by atoms with Crippen LogP contribution in [0.4, 0.5) is 11.5 Å². The lowest BCUT2D eigenvalue weighted by atomic mass is 10.0. The van der Waals surface area contributed by atoms with Gasteiger partial charge < -0.3 is 10.4 Å². The smallest absolute Gasteiger partial charge is 0.326 e. The Morgan fingerprint density at radius 2 is 2.21 bits per heavy atom. The first-order valence-electron chi connectivity index (χ1n) is 5.91. The molecular formula is C12H17N3O4. The van der Waals surface area contributed by atoms with Crippen LogP contribution in [-0.4, -0.2) is 27.0 Å². The van der Waals surface area contributed by atoms with Gasteiger partial charge in [0.05, 0.1) is 11.0 Å². The van der Waals surface area contributed by atoms with Gasteiger partial charge >= 0.3 is 5.97 Å². The van der Waals surface area contributed by atoms with Gasteiger partial charge in [-0.25, -0.2) is 9.78 Å². The molecule has 0 aromatic carbocycles. The summed E-state index contributed by atoms with van der Waals surface area (Å²) in [6, 6.07) is 0.445. The van der Waals surface area contributed by atoms with Gasteiger partial charge in [-0.1, -0.05) is 13.8 Å². The molecule has 7 nitrogen and oxygen atoms in total. The second-order valence-corrected chi connectivity index (χ2v) is 4.78. The van der Waals surface area contributed by atoms with E-state index in [1.165, 1.54) is 12.3 Å². The number of aryl methyl sites for hydroxylation is 1. The molecule has 2 N–H and O–H groups in total. The number of anilines is 1. The van der Waals surface area contributed by atoms with Crippen molar-refractivity contribution in [3.05, 3.63) is 27.9 Å². The molecule has 0 bridgehead atoms. The van der Waals surface area contributed by atoms with E-state index in [4.69, 9.17) is 5.11 Å². The van der Waals surface area contributed by atoms with Gasteiger partial charge in [-0.3, -0.25) is 10.1 Å². The number of carbonyl (C=O) groups is 1. The van der Waals surface area contributed by atoms with Gasteiger partial charge in [0.25, 0.3) is 5.69 Å². The highest BCUT2D eigenvalue weighted by molar-refractivity contribution is 5.77. The maximum atomic E-state index is 11.1. The predicted molar refractivity (Wildman–Crippen MR) is 70.1 cm³/mol. The summed E-state index contributed by atoms with van der Waals surface area (Å²) in [7, 11) is 0. The summed E-state index contributed by atoms with van der Waals surface area (Å²) in [5.41, 5.74) is 0.359. The van der Waals surface area contributed by atoms with Crippen LogP contribution in [0.3, 0.4) is 0 Å². The Morgan fingerprint density at radius 3 is 2.68 bits per heavy atom. The lowest BCUT2D eigenvalue weighted by molar-refractivity contribution is -0.385. The molecule has 1 rings (SSSR count). The highest BCUT2D eigenvalue weighted by Gasteiger charge is 2.20. The maximum Gasteiger partial charge on any atom is 0.326 e. The largest absolute Gasteiger partial charge is 0.480 e. The Bertz CT molecular complexity index is 488. The van der Waals surface area contributed by atoms with Gasteiger partial charge in [-0.2, -0.15) is 0 Å². The Kier molecular flexibility index (Phi) is 4.80. The second kappa shape index (κ2) is 6.12. The number of nitrogens with one attached hydrogen (secondary N) is 1. The molecule has 0 aliphatic carbocycles. The summed E-state index contributed by atoms with van der Waals surface area (Å²) in [5, 5.41) is 22.6. The van der Waals surface area contributed by atoms with Crippen LogP contribution in [0.15, 0.2) is 12.3 Å². The number of carboxylic acids is 1. The molecule has 0 saturated heterocycles. The molecule has 0 aliphatic heterocycles. The Morgan fingerprint density at radius 1 is 1.58 bits per heavy atom. The number of hydrogen-bond acceptors (Lipinski definition) is 5. The molecule has 0 fully saturated rings. The van der Waals surface area contributed by atoms with Gasteiger partial charge in [0.15, 0.2) is 0 Å². The van der Waals surface area contributed by atoms with Crippen LogP contribution in [0, 0.1) is 23.0 Å². The van der Waals surface area contributed by atoms with E-state index in [9.17, 15) is 14.9 Å². The summed E-state index contributed by atoms with van der Waals surface area (Å²) in [6.45, 7) is 5.39. The molecule has 1 atom stereocenters. The Labute approximate surface area is 110 Å². The average Bonchev–Trinajstić information content (AvgIpc) is 2.29. The molecule has 1 heterocycles. The molecule has 19 heavy (non-hydrogen) atoms. The van der Waals surface area contributed by atoms with Gasteiger partial charge in [0, 0.05) is 11.8 Å². The van der Waals surface area contributed by atoms with Crippen molar-refractivity contribution >= 4 is 17.5 Å². The van der Waals surface area contributed by atoms with E-state index in [-0.39, 0.29) is 17.4 Å². The lowest BCUT2D eigenvalue weighted by Gasteiger charge is -2.16. The van der Waals surface area contributed by atoms with E-state index < -0.39 is 16.9 Å². The number of nitro groups is 1. The third kappa shape index (κ3) is 4.20. The van der Waals surface area contributed by atoms with Crippen molar-refractivity contribution in [1.29, 1.82) is 0 Å². The first-order valence-corrected chi connectivity index (χ1v) is 5.91. The SMILES string of the molecule is Cc1cnc(NC(CC(C)C)C(=O)O)cc1[N+](=O)[O-]. The molecule has 7 heteroatoms. The van der Waals surface area contributed by atoms with Crippen LogP contribution in [0.2, 0.25) is 0 Å². The summed E-state index contributed by atoms with van der Waals surface area (Å²) >= 11 is 0. The summed E-state index contributed by atoms with van der Waals surface area (Å²) in [6.07, 6.45) is 1.77.